The predicted molar refractivity (Wildman–Crippen MR) is 63.0 cm³/mol. The Balaban J connectivity index is 2.53. The van der Waals surface area contributed by atoms with Crippen molar-refractivity contribution in [3.05, 3.63) is 11.1 Å². The average molecular weight is 226 g/mol. The first-order valence-corrected chi connectivity index (χ1v) is 6.19. The van der Waals surface area contributed by atoms with E-state index < -0.39 is 6.10 Å². The maximum Gasteiger partial charge on any atom is 0.333 e. The van der Waals surface area contributed by atoms with E-state index in [2.05, 4.69) is 6.92 Å². The van der Waals surface area contributed by atoms with Crippen molar-refractivity contribution in [2.24, 2.45) is 0 Å². The number of methoxy groups -OCH3 is 1. The van der Waals surface area contributed by atoms with Gasteiger partial charge >= 0.3 is 5.97 Å². The lowest BCUT2D eigenvalue weighted by Gasteiger charge is -2.09. The highest BCUT2D eigenvalue weighted by atomic mass is 16.5. The minimum absolute atomic E-state index is 0.262. The summed E-state index contributed by atoms with van der Waals surface area (Å²) in [6.45, 7) is 2.17. The fraction of sp³-hybridized carbons (Fsp3) is 0.769. The molecule has 1 N–H and O–H groups in total. The second kappa shape index (κ2) is 6.69. The number of unbranched alkanes of at least 4 members (excludes halogenated alkanes) is 3. The highest BCUT2D eigenvalue weighted by molar-refractivity contribution is 5.90. The van der Waals surface area contributed by atoms with Gasteiger partial charge in [-0.25, -0.2) is 4.79 Å². The number of carbonyl (C=O) groups is 1. The lowest BCUT2D eigenvalue weighted by atomic mass is 10.0. The highest BCUT2D eigenvalue weighted by Gasteiger charge is 2.27. The Bertz CT molecular complexity index is 268. The maximum absolute atomic E-state index is 11.5. The van der Waals surface area contributed by atoms with Crippen LogP contribution in [0.3, 0.4) is 0 Å². The normalized spacial score (nSPS) is 20.3. The summed E-state index contributed by atoms with van der Waals surface area (Å²) in [6, 6.07) is 0. The molecule has 0 amide bonds. The van der Waals surface area contributed by atoms with Gasteiger partial charge in [0.2, 0.25) is 0 Å². The van der Waals surface area contributed by atoms with Gasteiger partial charge in [-0.15, -0.1) is 0 Å². The van der Waals surface area contributed by atoms with Gasteiger partial charge in [-0.3, -0.25) is 0 Å². The number of hydrogen-bond donors (Lipinski definition) is 1. The molecular weight excluding hydrogens is 204 g/mol. The third kappa shape index (κ3) is 3.34. The van der Waals surface area contributed by atoms with Crippen LogP contribution in [0.2, 0.25) is 0 Å². The van der Waals surface area contributed by atoms with E-state index in [1.165, 1.54) is 26.4 Å². The summed E-state index contributed by atoms with van der Waals surface area (Å²) in [7, 11) is 1.40. The lowest BCUT2D eigenvalue weighted by Crippen LogP contribution is -2.09. The molecular formula is C13H22O3. The monoisotopic (exact) mass is 226 g/mol. The molecule has 3 heteroatoms. The van der Waals surface area contributed by atoms with Crippen LogP contribution < -0.4 is 0 Å². The van der Waals surface area contributed by atoms with E-state index in [0.29, 0.717) is 18.4 Å². The first-order valence-electron chi connectivity index (χ1n) is 6.19. The van der Waals surface area contributed by atoms with Crippen LogP contribution in [-0.4, -0.2) is 24.3 Å². The number of ether oxygens (including phenoxy) is 1. The van der Waals surface area contributed by atoms with Gasteiger partial charge in [0, 0.05) is 5.57 Å². The van der Waals surface area contributed by atoms with Gasteiger partial charge in [-0.1, -0.05) is 26.2 Å². The van der Waals surface area contributed by atoms with Crippen molar-refractivity contribution in [1.82, 2.24) is 0 Å². The Morgan fingerprint density at radius 2 is 2.19 bits per heavy atom. The molecule has 0 radical (unpaired) electrons. The molecule has 0 heterocycles. The van der Waals surface area contributed by atoms with Crippen molar-refractivity contribution >= 4 is 5.97 Å². The van der Waals surface area contributed by atoms with Gasteiger partial charge in [0.15, 0.2) is 0 Å². The molecule has 1 unspecified atom stereocenters. The number of esters is 1. The maximum atomic E-state index is 11.5. The molecule has 3 nitrogen and oxygen atoms in total. The van der Waals surface area contributed by atoms with Crippen LogP contribution in [0, 0.1) is 0 Å². The van der Waals surface area contributed by atoms with Crippen LogP contribution in [0.4, 0.5) is 0 Å². The molecule has 0 spiro atoms. The van der Waals surface area contributed by atoms with E-state index in [1.807, 2.05) is 0 Å². The Morgan fingerprint density at radius 3 is 2.81 bits per heavy atom. The van der Waals surface area contributed by atoms with E-state index in [1.54, 1.807) is 0 Å². The van der Waals surface area contributed by atoms with Crippen LogP contribution >= 0.6 is 0 Å². The number of carbonyl (C=O) groups excluding carboxylic acids is 1. The van der Waals surface area contributed by atoms with Crippen molar-refractivity contribution in [3.8, 4) is 0 Å². The molecule has 0 saturated heterocycles. The molecule has 0 bridgehead atoms. The quantitative estimate of drug-likeness (QED) is 0.559. The molecule has 1 aliphatic rings. The number of aliphatic hydroxyl groups is 1. The SMILES string of the molecule is CCCCCCC1=C(C(=O)OC)CCC1O. The zero-order chi connectivity index (χ0) is 12.0. The molecule has 16 heavy (non-hydrogen) atoms. The molecule has 1 atom stereocenters. The van der Waals surface area contributed by atoms with Crippen LogP contribution in [-0.2, 0) is 9.53 Å². The molecule has 1 rings (SSSR count). The summed E-state index contributed by atoms with van der Waals surface area (Å²) in [5.41, 5.74) is 1.63. The molecule has 0 fully saturated rings. The molecule has 1 aliphatic carbocycles. The van der Waals surface area contributed by atoms with Crippen molar-refractivity contribution in [3.63, 3.8) is 0 Å². The van der Waals surface area contributed by atoms with Crippen molar-refractivity contribution in [2.75, 3.05) is 7.11 Å². The summed E-state index contributed by atoms with van der Waals surface area (Å²) in [5.74, 6) is -0.262. The Kier molecular flexibility index (Phi) is 5.53. The summed E-state index contributed by atoms with van der Waals surface area (Å²) < 4.78 is 4.73. The van der Waals surface area contributed by atoms with Crippen LogP contribution in [0.5, 0.6) is 0 Å². The number of hydrogen-bond acceptors (Lipinski definition) is 3. The summed E-state index contributed by atoms with van der Waals surface area (Å²) >= 11 is 0. The Hall–Kier alpha value is -0.830. The van der Waals surface area contributed by atoms with E-state index in [9.17, 15) is 9.90 Å². The largest absolute Gasteiger partial charge is 0.466 e. The molecule has 0 aromatic heterocycles. The van der Waals surface area contributed by atoms with E-state index in [4.69, 9.17) is 4.74 Å². The second-order valence-corrected chi connectivity index (χ2v) is 4.36. The average Bonchev–Trinajstić information content (AvgIpc) is 2.65. The van der Waals surface area contributed by atoms with Crippen LogP contribution in [0.25, 0.3) is 0 Å². The second-order valence-electron chi connectivity index (χ2n) is 4.36. The lowest BCUT2D eigenvalue weighted by molar-refractivity contribution is -0.136. The number of rotatable bonds is 6. The van der Waals surface area contributed by atoms with E-state index >= 15 is 0 Å². The summed E-state index contributed by atoms with van der Waals surface area (Å²) in [4.78, 5) is 11.5. The van der Waals surface area contributed by atoms with Gasteiger partial charge in [-0.2, -0.15) is 0 Å². The fourth-order valence-electron chi connectivity index (χ4n) is 2.23. The van der Waals surface area contributed by atoms with Gasteiger partial charge in [0.05, 0.1) is 13.2 Å². The van der Waals surface area contributed by atoms with Crippen molar-refractivity contribution < 1.29 is 14.6 Å². The molecule has 92 valence electrons. The predicted octanol–water partition coefficient (Wildman–Crippen LogP) is 2.58. The standard InChI is InChI=1S/C13H22O3/c1-3-4-5-6-7-10-11(13(15)16-2)8-9-12(10)14/h12,14H,3-9H2,1-2H3. The Labute approximate surface area is 97.5 Å². The smallest absolute Gasteiger partial charge is 0.333 e. The molecule has 0 aromatic rings. The fourth-order valence-corrected chi connectivity index (χ4v) is 2.23. The third-order valence-corrected chi connectivity index (χ3v) is 3.19. The van der Waals surface area contributed by atoms with Gasteiger partial charge in [0.1, 0.15) is 0 Å². The summed E-state index contributed by atoms with van der Waals surface area (Å²) in [5, 5.41) is 9.79. The minimum atomic E-state index is -0.421. The van der Waals surface area contributed by atoms with Gasteiger partial charge in [0.25, 0.3) is 0 Å². The van der Waals surface area contributed by atoms with Crippen molar-refractivity contribution in [1.29, 1.82) is 0 Å². The van der Waals surface area contributed by atoms with E-state index in [0.717, 1.165) is 18.4 Å². The van der Waals surface area contributed by atoms with Crippen molar-refractivity contribution in [2.45, 2.75) is 58.0 Å². The first kappa shape index (κ1) is 13.2. The van der Waals surface area contributed by atoms with Gasteiger partial charge < -0.3 is 9.84 Å². The van der Waals surface area contributed by atoms with Gasteiger partial charge in [-0.05, 0) is 31.3 Å². The molecule has 0 saturated carbocycles. The van der Waals surface area contributed by atoms with Crippen LogP contribution in [0.1, 0.15) is 51.9 Å². The third-order valence-electron chi connectivity index (χ3n) is 3.19. The highest BCUT2D eigenvalue weighted by Crippen LogP contribution is 2.31. The molecule has 0 aromatic carbocycles. The number of aliphatic hydroxyl groups excluding tert-OH is 1. The first-order chi connectivity index (χ1) is 7.70. The zero-order valence-corrected chi connectivity index (χ0v) is 10.3. The minimum Gasteiger partial charge on any atom is -0.466 e. The molecule has 0 aliphatic heterocycles. The topological polar surface area (TPSA) is 46.5 Å². The summed E-state index contributed by atoms with van der Waals surface area (Å²) in [6.07, 6.45) is 6.40. The Morgan fingerprint density at radius 1 is 1.44 bits per heavy atom. The van der Waals surface area contributed by atoms with E-state index in [-0.39, 0.29) is 5.97 Å². The zero-order valence-electron chi connectivity index (χ0n) is 10.3. The van der Waals surface area contributed by atoms with Crippen LogP contribution in [0.15, 0.2) is 11.1 Å².